The Balaban J connectivity index is 1.58. The molecule has 0 bridgehead atoms. The highest BCUT2D eigenvalue weighted by Gasteiger charge is 2.58. The molecule has 3 fully saturated rings. The molecule has 4 aliphatic carbocycles. The topological polar surface area (TPSA) is 15.3 Å². The van der Waals surface area contributed by atoms with Gasteiger partial charge in [0.1, 0.15) is 0 Å². The van der Waals surface area contributed by atoms with Gasteiger partial charge in [-0.3, -0.25) is 0 Å². The lowest BCUT2D eigenvalue weighted by Crippen LogP contribution is -2.54. The van der Waals surface area contributed by atoms with Crippen LogP contribution in [-0.2, 0) is 0 Å². The number of hydrogen-bond acceptors (Lipinski definition) is 2. The molecule has 0 heterocycles. The molecule has 2 heteroatoms. The Kier molecular flexibility index (Phi) is 4.84. The maximum absolute atomic E-state index is 3.58. The van der Waals surface area contributed by atoms with E-state index in [-0.39, 0.29) is 0 Å². The molecule has 0 aromatic heterocycles. The second kappa shape index (κ2) is 6.62. The molecule has 8 atom stereocenters. The maximum Gasteiger partial charge on any atom is 0.0100 e. The van der Waals surface area contributed by atoms with Gasteiger partial charge >= 0.3 is 0 Å². The molecule has 0 saturated heterocycles. The smallest absolute Gasteiger partial charge is 0.0100 e. The Morgan fingerprint density at radius 1 is 1.12 bits per heavy atom. The zero-order chi connectivity index (χ0) is 18.7. The highest BCUT2D eigenvalue weighted by atomic mass is 15.1. The Bertz CT molecular complexity index is 567. The first kappa shape index (κ1) is 19.0. The first-order valence-electron chi connectivity index (χ1n) is 11.4. The fourth-order valence-corrected chi connectivity index (χ4v) is 7.97. The second-order valence-electron chi connectivity index (χ2n) is 10.9. The second-order valence-corrected chi connectivity index (χ2v) is 10.9. The highest BCUT2D eigenvalue weighted by molar-refractivity contribution is 5.30. The first-order valence-corrected chi connectivity index (χ1v) is 11.4. The molecule has 0 radical (unpaired) electrons. The summed E-state index contributed by atoms with van der Waals surface area (Å²) in [7, 11) is 6.70. The van der Waals surface area contributed by atoms with Gasteiger partial charge < -0.3 is 10.2 Å². The van der Waals surface area contributed by atoms with Crippen molar-refractivity contribution in [1.29, 1.82) is 0 Å². The SMILES string of the molecule is CNC1CCC2(C)C(CCC3C4=CCC(C(C)N(C)C)C4(C)CCC32)C1. The predicted octanol–water partition coefficient (Wildman–Crippen LogP) is 5.10. The molecule has 26 heavy (non-hydrogen) atoms. The molecular formula is C24H42N2. The minimum Gasteiger partial charge on any atom is -0.317 e. The quantitative estimate of drug-likeness (QED) is 0.706. The van der Waals surface area contributed by atoms with E-state index < -0.39 is 0 Å². The maximum atomic E-state index is 3.58. The van der Waals surface area contributed by atoms with E-state index in [0.717, 1.165) is 29.7 Å². The van der Waals surface area contributed by atoms with Crippen LogP contribution in [0.25, 0.3) is 0 Å². The van der Waals surface area contributed by atoms with Gasteiger partial charge in [-0.1, -0.05) is 25.5 Å². The minimum absolute atomic E-state index is 0.468. The van der Waals surface area contributed by atoms with E-state index in [4.69, 9.17) is 0 Å². The summed E-state index contributed by atoms with van der Waals surface area (Å²) in [6.07, 6.45) is 14.1. The van der Waals surface area contributed by atoms with Crippen molar-refractivity contribution in [3.8, 4) is 0 Å². The zero-order valence-corrected chi connectivity index (χ0v) is 18.1. The number of allylic oxidation sites excluding steroid dienone is 2. The Morgan fingerprint density at radius 2 is 1.88 bits per heavy atom. The molecule has 1 N–H and O–H groups in total. The standard InChI is InChI=1S/C24H42N2/c1-16(26(5)6)20-9-10-21-19-8-7-17-15-18(25-4)11-13-23(17,2)22(19)12-14-24(20,21)3/h10,16-20,22,25H,7-9,11-15H2,1-6H3. The van der Waals surface area contributed by atoms with Crippen molar-refractivity contribution >= 4 is 0 Å². The van der Waals surface area contributed by atoms with Gasteiger partial charge in [-0.05, 0) is 114 Å². The van der Waals surface area contributed by atoms with E-state index in [0.29, 0.717) is 16.9 Å². The summed E-state index contributed by atoms with van der Waals surface area (Å²) < 4.78 is 0. The summed E-state index contributed by atoms with van der Waals surface area (Å²) in [4.78, 5) is 2.45. The lowest BCUT2D eigenvalue weighted by Gasteiger charge is -2.60. The number of rotatable bonds is 3. The number of hydrogen-bond donors (Lipinski definition) is 1. The van der Waals surface area contributed by atoms with Crippen LogP contribution in [0.15, 0.2) is 11.6 Å². The van der Waals surface area contributed by atoms with Crippen LogP contribution in [0, 0.1) is 34.5 Å². The summed E-state index contributed by atoms with van der Waals surface area (Å²) in [5.74, 6) is 3.61. The van der Waals surface area contributed by atoms with E-state index >= 15 is 0 Å². The van der Waals surface area contributed by atoms with Crippen molar-refractivity contribution in [3.63, 3.8) is 0 Å². The van der Waals surface area contributed by atoms with Crippen LogP contribution in [-0.4, -0.2) is 38.1 Å². The predicted molar refractivity (Wildman–Crippen MR) is 111 cm³/mol. The third-order valence-electron chi connectivity index (χ3n) is 9.94. The highest BCUT2D eigenvalue weighted by Crippen LogP contribution is 2.66. The molecule has 0 aliphatic heterocycles. The minimum atomic E-state index is 0.468. The fourth-order valence-electron chi connectivity index (χ4n) is 7.97. The van der Waals surface area contributed by atoms with Crippen LogP contribution >= 0.6 is 0 Å². The number of nitrogens with zero attached hydrogens (tertiary/aromatic N) is 1. The van der Waals surface area contributed by atoms with Crippen LogP contribution in [0.3, 0.4) is 0 Å². The summed E-state index contributed by atoms with van der Waals surface area (Å²) in [6.45, 7) is 7.76. The van der Waals surface area contributed by atoms with E-state index in [1.54, 1.807) is 0 Å². The summed E-state index contributed by atoms with van der Waals surface area (Å²) in [5.41, 5.74) is 2.96. The molecule has 4 aliphatic rings. The normalized spacial score (nSPS) is 49.2. The molecule has 0 aromatic carbocycles. The molecule has 4 rings (SSSR count). The lowest BCUT2D eigenvalue weighted by atomic mass is 9.45. The van der Waals surface area contributed by atoms with Crippen molar-refractivity contribution in [2.24, 2.45) is 34.5 Å². The van der Waals surface area contributed by atoms with Crippen molar-refractivity contribution in [2.75, 3.05) is 21.1 Å². The van der Waals surface area contributed by atoms with Crippen molar-refractivity contribution < 1.29 is 0 Å². The Labute approximate surface area is 162 Å². The van der Waals surface area contributed by atoms with Gasteiger partial charge in [0.25, 0.3) is 0 Å². The average molecular weight is 359 g/mol. The van der Waals surface area contributed by atoms with Crippen molar-refractivity contribution in [1.82, 2.24) is 10.2 Å². The van der Waals surface area contributed by atoms with Crippen LogP contribution in [0.1, 0.15) is 72.1 Å². The Morgan fingerprint density at radius 3 is 2.58 bits per heavy atom. The van der Waals surface area contributed by atoms with Crippen molar-refractivity contribution in [2.45, 2.75) is 84.2 Å². The molecule has 3 saturated carbocycles. The molecule has 0 amide bonds. The molecule has 0 aromatic rings. The van der Waals surface area contributed by atoms with Crippen molar-refractivity contribution in [3.05, 3.63) is 11.6 Å². The van der Waals surface area contributed by atoms with E-state index in [1.165, 1.54) is 51.4 Å². The molecule has 8 unspecified atom stereocenters. The van der Waals surface area contributed by atoms with Crippen LogP contribution in [0.4, 0.5) is 0 Å². The molecule has 0 spiro atoms. The van der Waals surface area contributed by atoms with Crippen LogP contribution in [0.2, 0.25) is 0 Å². The molecule has 2 nitrogen and oxygen atoms in total. The van der Waals surface area contributed by atoms with Crippen LogP contribution in [0.5, 0.6) is 0 Å². The van der Waals surface area contributed by atoms with Gasteiger partial charge in [0.2, 0.25) is 0 Å². The summed E-state index contributed by atoms with van der Waals surface area (Å²) in [6, 6.07) is 1.46. The van der Waals surface area contributed by atoms with Gasteiger partial charge in [0.05, 0.1) is 0 Å². The number of fused-ring (bicyclic) bond motifs is 5. The van der Waals surface area contributed by atoms with E-state index in [9.17, 15) is 0 Å². The molecule has 148 valence electrons. The first-order chi connectivity index (χ1) is 12.3. The van der Waals surface area contributed by atoms with E-state index in [1.807, 2.05) is 5.57 Å². The largest absolute Gasteiger partial charge is 0.317 e. The zero-order valence-electron chi connectivity index (χ0n) is 18.1. The average Bonchev–Trinajstić information content (AvgIpc) is 2.97. The van der Waals surface area contributed by atoms with Gasteiger partial charge in [-0.25, -0.2) is 0 Å². The third-order valence-corrected chi connectivity index (χ3v) is 9.94. The van der Waals surface area contributed by atoms with Crippen LogP contribution < -0.4 is 5.32 Å². The lowest BCUT2D eigenvalue weighted by molar-refractivity contribution is -0.0647. The van der Waals surface area contributed by atoms with Gasteiger partial charge in [-0.2, -0.15) is 0 Å². The van der Waals surface area contributed by atoms with Gasteiger partial charge in [-0.15, -0.1) is 0 Å². The summed E-state index contributed by atoms with van der Waals surface area (Å²) >= 11 is 0. The third kappa shape index (κ3) is 2.65. The summed E-state index contributed by atoms with van der Waals surface area (Å²) in [5, 5.41) is 3.58. The monoisotopic (exact) mass is 358 g/mol. The van der Waals surface area contributed by atoms with E-state index in [2.05, 4.69) is 58.2 Å². The molecular weight excluding hydrogens is 316 g/mol. The number of nitrogens with one attached hydrogen (secondary N) is 1. The Hall–Kier alpha value is -0.340. The fraction of sp³-hybridized carbons (Fsp3) is 0.917. The van der Waals surface area contributed by atoms with Gasteiger partial charge in [0.15, 0.2) is 0 Å². The van der Waals surface area contributed by atoms with Gasteiger partial charge in [0, 0.05) is 12.1 Å².